The third kappa shape index (κ3) is 3.76. The molecule has 1 N–H and O–H groups in total. The summed E-state index contributed by atoms with van der Waals surface area (Å²) in [7, 11) is 0. The number of carbonyl (C=O) groups is 4. The second-order valence-corrected chi connectivity index (χ2v) is 7.27. The molecule has 148 valence electrons. The van der Waals surface area contributed by atoms with Gasteiger partial charge >= 0.3 is 0 Å². The van der Waals surface area contributed by atoms with Crippen LogP contribution in [0, 0.1) is 5.92 Å². The number of fused-ring (bicyclic) bond motifs is 1. The van der Waals surface area contributed by atoms with Crippen LogP contribution in [-0.2, 0) is 9.59 Å². The molecule has 0 bridgehead atoms. The normalized spacial score (nSPS) is 18.3. The van der Waals surface area contributed by atoms with E-state index in [1.807, 2.05) is 30.3 Å². The maximum atomic E-state index is 12.3. The lowest BCUT2D eigenvalue weighted by Gasteiger charge is -2.17. The molecule has 1 atom stereocenters. The van der Waals surface area contributed by atoms with Crippen LogP contribution >= 0.6 is 0 Å². The van der Waals surface area contributed by atoms with Crippen molar-refractivity contribution in [1.82, 2.24) is 10.2 Å². The van der Waals surface area contributed by atoms with Crippen LogP contribution in [-0.4, -0.2) is 48.2 Å². The molecule has 2 aliphatic heterocycles. The topological polar surface area (TPSA) is 86.8 Å². The largest absolute Gasteiger partial charge is 0.356 e. The van der Waals surface area contributed by atoms with Crippen molar-refractivity contribution in [3.63, 3.8) is 0 Å². The highest BCUT2D eigenvalue weighted by Crippen LogP contribution is 2.25. The number of rotatable bonds is 6. The number of nitrogens with zero attached hydrogens (tertiary/aromatic N) is 2. The maximum absolute atomic E-state index is 12.3. The van der Waals surface area contributed by atoms with Crippen LogP contribution in [0.2, 0.25) is 0 Å². The maximum Gasteiger partial charge on any atom is 0.261 e. The number of benzene rings is 2. The molecule has 4 rings (SSSR count). The Kier molecular flexibility index (Phi) is 5.12. The highest BCUT2D eigenvalue weighted by molar-refractivity contribution is 6.21. The average Bonchev–Trinajstić information content (AvgIpc) is 3.23. The molecule has 2 aromatic rings. The third-order valence-corrected chi connectivity index (χ3v) is 5.30. The molecule has 1 saturated heterocycles. The van der Waals surface area contributed by atoms with Crippen LogP contribution in [0.1, 0.15) is 33.6 Å². The Morgan fingerprint density at radius 3 is 2.21 bits per heavy atom. The van der Waals surface area contributed by atoms with E-state index in [1.165, 1.54) is 0 Å². The van der Waals surface area contributed by atoms with E-state index in [4.69, 9.17) is 0 Å². The van der Waals surface area contributed by atoms with Crippen molar-refractivity contribution >= 4 is 29.3 Å². The first-order chi connectivity index (χ1) is 14.0. The molecule has 7 nitrogen and oxygen atoms in total. The molecule has 0 radical (unpaired) electrons. The first-order valence-electron chi connectivity index (χ1n) is 9.62. The molecule has 2 aromatic carbocycles. The van der Waals surface area contributed by atoms with Crippen LogP contribution in [0.4, 0.5) is 5.69 Å². The van der Waals surface area contributed by atoms with Crippen molar-refractivity contribution in [3.8, 4) is 0 Å². The van der Waals surface area contributed by atoms with Crippen LogP contribution < -0.4 is 10.2 Å². The quantitative estimate of drug-likeness (QED) is 0.762. The lowest BCUT2D eigenvalue weighted by molar-refractivity contribution is -0.121. The highest BCUT2D eigenvalue weighted by atomic mass is 16.2. The number of nitrogens with one attached hydrogen (secondary N) is 1. The van der Waals surface area contributed by atoms with Gasteiger partial charge in [-0.25, -0.2) is 0 Å². The molecule has 1 unspecified atom stereocenters. The smallest absolute Gasteiger partial charge is 0.261 e. The van der Waals surface area contributed by atoms with Gasteiger partial charge in [0.15, 0.2) is 0 Å². The zero-order chi connectivity index (χ0) is 20.4. The standard InChI is InChI=1S/C22H21N3O4/c26-19(10-11-24-21(28)17-8-4-5-9-18(17)22(24)29)23-13-15-12-20(27)25(14-15)16-6-2-1-3-7-16/h1-9,15H,10-14H2,(H,23,26). The number of anilines is 1. The Hall–Kier alpha value is -3.48. The van der Waals surface area contributed by atoms with E-state index in [-0.39, 0.29) is 42.5 Å². The van der Waals surface area contributed by atoms with E-state index in [1.54, 1.807) is 29.2 Å². The molecule has 0 spiro atoms. The second kappa shape index (κ2) is 7.87. The monoisotopic (exact) mass is 391 g/mol. The molecule has 2 heterocycles. The Labute approximate surface area is 168 Å². The van der Waals surface area contributed by atoms with Crippen molar-refractivity contribution < 1.29 is 19.2 Å². The Bertz CT molecular complexity index is 938. The lowest BCUT2D eigenvalue weighted by atomic mass is 10.1. The first-order valence-corrected chi connectivity index (χ1v) is 9.62. The zero-order valence-electron chi connectivity index (χ0n) is 15.8. The third-order valence-electron chi connectivity index (χ3n) is 5.30. The SMILES string of the molecule is O=C(CCN1C(=O)c2ccccc2C1=O)NCC1CC(=O)N(c2ccccc2)C1. The van der Waals surface area contributed by atoms with Crippen LogP contribution in [0.15, 0.2) is 54.6 Å². The number of amides is 4. The van der Waals surface area contributed by atoms with Gasteiger partial charge in [-0.15, -0.1) is 0 Å². The molecule has 4 amide bonds. The number of hydrogen-bond acceptors (Lipinski definition) is 4. The minimum atomic E-state index is -0.363. The summed E-state index contributed by atoms with van der Waals surface area (Å²) in [6.07, 6.45) is 0.419. The number of para-hydroxylation sites is 1. The molecule has 29 heavy (non-hydrogen) atoms. The van der Waals surface area contributed by atoms with E-state index in [0.717, 1.165) is 10.6 Å². The summed E-state index contributed by atoms with van der Waals surface area (Å²) < 4.78 is 0. The number of imide groups is 1. The molecular weight excluding hydrogens is 370 g/mol. The van der Waals surface area contributed by atoms with Crippen molar-refractivity contribution in [2.24, 2.45) is 5.92 Å². The van der Waals surface area contributed by atoms with Gasteiger partial charge < -0.3 is 10.2 Å². The van der Waals surface area contributed by atoms with Gasteiger partial charge in [0.1, 0.15) is 0 Å². The van der Waals surface area contributed by atoms with E-state index in [2.05, 4.69) is 5.32 Å². The minimum absolute atomic E-state index is 0.0333. The van der Waals surface area contributed by atoms with Crippen molar-refractivity contribution in [2.45, 2.75) is 12.8 Å². The first kappa shape index (κ1) is 18.9. The summed E-state index contributed by atoms with van der Waals surface area (Å²) in [5, 5.41) is 2.82. The number of hydrogen-bond donors (Lipinski definition) is 1. The van der Waals surface area contributed by atoms with Gasteiger partial charge in [0.2, 0.25) is 11.8 Å². The summed E-state index contributed by atoms with van der Waals surface area (Å²) in [4.78, 5) is 51.9. The molecule has 1 fully saturated rings. The molecule has 2 aliphatic rings. The Balaban J connectivity index is 1.26. The predicted molar refractivity (Wildman–Crippen MR) is 106 cm³/mol. The summed E-state index contributed by atoms with van der Waals surface area (Å²) in [6, 6.07) is 16.1. The Morgan fingerprint density at radius 2 is 1.55 bits per heavy atom. The van der Waals surface area contributed by atoms with Gasteiger partial charge in [-0.2, -0.15) is 0 Å². The van der Waals surface area contributed by atoms with E-state index < -0.39 is 0 Å². The van der Waals surface area contributed by atoms with Gasteiger partial charge in [0.25, 0.3) is 11.8 Å². The lowest BCUT2D eigenvalue weighted by Crippen LogP contribution is -2.36. The summed E-state index contributed by atoms with van der Waals surface area (Å²) >= 11 is 0. The molecule has 0 aromatic heterocycles. The average molecular weight is 391 g/mol. The molecular formula is C22H21N3O4. The Morgan fingerprint density at radius 1 is 0.931 bits per heavy atom. The van der Waals surface area contributed by atoms with Gasteiger partial charge in [0, 0.05) is 44.1 Å². The van der Waals surface area contributed by atoms with E-state index >= 15 is 0 Å². The van der Waals surface area contributed by atoms with Crippen LogP contribution in [0.3, 0.4) is 0 Å². The minimum Gasteiger partial charge on any atom is -0.356 e. The second-order valence-electron chi connectivity index (χ2n) is 7.27. The fourth-order valence-electron chi connectivity index (χ4n) is 3.78. The van der Waals surface area contributed by atoms with Crippen molar-refractivity contribution in [1.29, 1.82) is 0 Å². The molecule has 7 heteroatoms. The van der Waals surface area contributed by atoms with Gasteiger partial charge in [-0.05, 0) is 24.3 Å². The summed E-state index contributed by atoms with van der Waals surface area (Å²) in [6.45, 7) is 0.982. The molecule has 0 saturated carbocycles. The van der Waals surface area contributed by atoms with E-state index in [9.17, 15) is 19.2 Å². The summed E-state index contributed by atoms with van der Waals surface area (Å²) in [5.41, 5.74) is 1.61. The van der Waals surface area contributed by atoms with Gasteiger partial charge in [0.05, 0.1) is 11.1 Å². The number of carbonyl (C=O) groups excluding carboxylic acids is 4. The van der Waals surface area contributed by atoms with Crippen LogP contribution in [0.25, 0.3) is 0 Å². The van der Waals surface area contributed by atoms with E-state index in [0.29, 0.717) is 30.6 Å². The zero-order valence-corrected chi connectivity index (χ0v) is 15.8. The van der Waals surface area contributed by atoms with Crippen molar-refractivity contribution in [3.05, 3.63) is 65.7 Å². The molecule has 0 aliphatic carbocycles. The fraction of sp³-hybridized carbons (Fsp3) is 0.273. The predicted octanol–water partition coefficient (Wildman–Crippen LogP) is 1.84. The summed E-state index contributed by atoms with van der Waals surface area (Å²) in [5.74, 6) is -0.892. The van der Waals surface area contributed by atoms with Crippen molar-refractivity contribution in [2.75, 3.05) is 24.5 Å². The highest BCUT2D eigenvalue weighted by Gasteiger charge is 2.35. The van der Waals surface area contributed by atoms with Gasteiger partial charge in [-0.3, -0.25) is 24.1 Å². The van der Waals surface area contributed by atoms with Crippen LogP contribution in [0.5, 0.6) is 0 Å². The van der Waals surface area contributed by atoms with Gasteiger partial charge in [-0.1, -0.05) is 30.3 Å². The fourth-order valence-corrected chi connectivity index (χ4v) is 3.78.